The lowest BCUT2D eigenvalue weighted by Gasteiger charge is -2.14. The van der Waals surface area contributed by atoms with E-state index >= 15 is 0 Å². The van der Waals surface area contributed by atoms with Gasteiger partial charge in [0, 0.05) is 22.5 Å². The lowest BCUT2D eigenvalue weighted by Crippen LogP contribution is -2.27. The molecule has 0 saturated heterocycles. The molecule has 7 heteroatoms. The Morgan fingerprint density at radius 3 is 2.59 bits per heavy atom. The van der Waals surface area contributed by atoms with Crippen LogP contribution in [0.3, 0.4) is 0 Å². The number of aromatic nitrogens is 1. The predicted molar refractivity (Wildman–Crippen MR) is 111 cm³/mol. The molecule has 0 amide bonds. The number of halogens is 1. The highest BCUT2D eigenvalue weighted by atomic mass is 35.5. The van der Waals surface area contributed by atoms with Gasteiger partial charge >= 0.3 is 0 Å². The minimum atomic E-state index is -0.601. The summed E-state index contributed by atoms with van der Waals surface area (Å²) in [5, 5.41) is 21.5. The smallest absolute Gasteiger partial charge is 0.271 e. The number of unbranched alkanes of at least 4 members (excludes halogenated alkanes) is 1. The maximum Gasteiger partial charge on any atom is 0.271 e. The molecule has 0 aliphatic rings. The molecule has 1 N–H and O–H groups in total. The molecule has 0 unspecified atom stereocenters. The van der Waals surface area contributed by atoms with Crippen LogP contribution < -0.4 is 5.56 Å². The van der Waals surface area contributed by atoms with Crippen molar-refractivity contribution in [3.63, 3.8) is 0 Å². The number of hydrogen-bond acceptors (Lipinski definition) is 5. The van der Waals surface area contributed by atoms with Crippen LogP contribution in [-0.2, 0) is 6.54 Å². The minimum absolute atomic E-state index is 0.0460. The summed E-state index contributed by atoms with van der Waals surface area (Å²) < 4.78 is 6.88. The molecule has 0 radical (unpaired) electrons. The molecule has 0 atom stereocenters. The first-order valence-electron chi connectivity index (χ1n) is 9.33. The lowest BCUT2D eigenvalue weighted by atomic mass is 9.98. The van der Waals surface area contributed by atoms with Crippen LogP contribution in [0.2, 0.25) is 5.02 Å². The van der Waals surface area contributed by atoms with Crippen molar-refractivity contribution in [2.75, 3.05) is 0 Å². The summed E-state index contributed by atoms with van der Waals surface area (Å²) in [5.74, 6) is -0.979. The van der Waals surface area contributed by atoms with Crippen LogP contribution in [0.4, 0.5) is 0 Å². The second-order valence-electron chi connectivity index (χ2n) is 7.10. The van der Waals surface area contributed by atoms with E-state index in [0.717, 1.165) is 16.6 Å². The molecule has 3 aromatic rings. The molecule has 150 valence electrons. The maximum atomic E-state index is 13.3. The molecular weight excluding hydrogens is 392 g/mol. The molecule has 1 aromatic carbocycles. The Hall–Kier alpha value is -3.04. The average Bonchev–Trinajstić information content (AvgIpc) is 2.98. The zero-order valence-electron chi connectivity index (χ0n) is 16.7. The number of aromatic hydroxyl groups is 1. The van der Waals surface area contributed by atoms with Crippen molar-refractivity contribution in [3.8, 4) is 11.9 Å². The monoisotopic (exact) mass is 412 g/mol. The van der Waals surface area contributed by atoms with E-state index in [4.69, 9.17) is 16.0 Å². The molecule has 2 aromatic heterocycles. The third kappa shape index (κ3) is 3.32. The van der Waals surface area contributed by atoms with E-state index in [9.17, 15) is 20.0 Å². The third-order valence-electron chi connectivity index (χ3n) is 5.19. The number of nitrogens with zero attached hydrogens (tertiary/aromatic N) is 2. The quantitative estimate of drug-likeness (QED) is 0.608. The number of fused-ring (bicyclic) bond motifs is 1. The van der Waals surface area contributed by atoms with Crippen molar-refractivity contribution in [1.82, 2.24) is 4.57 Å². The molecular formula is C22H21ClN2O4. The van der Waals surface area contributed by atoms with Crippen LogP contribution in [0.5, 0.6) is 5.88 Å². The Labute approximate surface area is 172 Å². The molecule has 0 fully saturated rings. The third-order valence-corrected chi connectivity index (χ3v) is 5.59. The number of furan rings is 1. The Kier molecular flexibility index (Phi) is 5.54. The summed E-state index contributed by atoms with van der Waals surface area (Å²) in [4.78, 5) is 25.9. The van der Waals surface area contributed by atoms with Crippen molar-refractivity contribution < 1.29 is 14.3 Å². The number of hydrogen-bond donors (Lipinski definition) is 1. The fourth-order valence-electron chi connectivity index (χ4n) is 3.42. The standard InChI is InChI=1S/C22H21ClN2O4/c1-5-6-7-25-21(27)15(10-24)12(3)18(22(25)28)19(26)20-13(4)14-9-16(23)11(2)8-17(14)29-20/h8-9,28H,5-7H2,1-4H3. The number of rotatable bonds is 5. The van der Waals surface area contributed by atoms with Gasteiger partial charge < -0.3 is 9.52 Å². The number of benzene rings is 1. The summed E-state index contributed by atoms with van der Waals surface area (Å²) in [6, 6.07) is 5.35. The van der Waals surface area contributed by atoms with E-state index < -0.39 is 17.2 Å². The SMILES string of the molecule is CCCCn1c(O)c(C(=O)c2oc3cc(C)c(Cl)cc3c2C)c(C)c(C#N)c1=O. The van der Waals surface area contributed by atoms with E-state index in [1.54, 1.807) is 19.1 Å². The van der Waals surface area contributed by atoms with Gasteiger partial charge in [0.05, 0.1) is 5.56 Å². The lowest BCUT2D eigenvalue weighted by molar-refractivity contribution is 0.100. The van der Waals surface area contributed by atoms with Gasteiger partial charge in [0.25, 0.3) is 5.56 Å². The van der Waals surface area contributed by atoms with E-state index in [0.29, 0.717) is 28.0 Å². The van der Waals surface area contributed by atoms with Gasteiger partial charge in [0.15, 0.2) is 5.76 Å². The Bertz CT molecular complexity index is 1240. The summed E-state index contributed by atoms with van der Waals surface area (Å²) in [5.41, 5.74) is 1.18. The van der Waals surface area contributed by atoms with Gasteiger partial charge in [-0.3, -0.25) is 14.2 Å². The zero-order chi connectivity index (χ0) is 21.5. The Balaban J connectivity index is 2.27. The molecule has 0 aliphatic carbocycles. The average molecular weight is 413 g/mol. The highest BCUT2D eigenvalue weighted by Crippen LogP contribution is 2.33. The van der Waals surface area contributed by atoms with Crippen LogP contribution in [0, 0.1) is 32.1 Å². The van der Waals surface area contributed by atoms with Gasteiger partial charge in [-0.1, -0.05) is 24.9 Å². The predicted octanol–water partition coefficient (Wildman–Crippen LogP) is 4.78. The van der Waals surface area contributed by atoms with Crippen molar-refractivity contribution in [1.29, 1.82) is 5.26 Å². The highest BCUT2D eigenvalue weighted by Gasteiger charge is 2.28. The molecule has 3 rings (SSSR count). The van der Waals surface area contributed by atoms with Crippen LogP contribution in [0.25, 0.3) is 11.0 Å². The Morgan fingerprint density at radius 1 is 1.28 bits per heavy atom. The van der Waals surface area contributed by atoms with Crippen molar-refractivity contribution in [2.45, 2.75) is 47.1 Å². The van der Waals surface area contributed by atoms with Crippen molar-refractivity contribution in [3.05, 3.63) is 61.1 Å². The summed E-state index contributed by atoms with van der Waals surface area (Å²) >= 11 is 6.20. The van der Waals surface area contributed by atoms with Gasteiger partial charge in [-0.15, -0.1) is 0 Å². The number of carbonyl (C=O) groups excluding carboxylic acids is 1. The second-order valence-corrected chi connectivity index (χ2v) is 7.51. The normalized spacial score (nSPS) is 11.0. The zero-order valence-corrected chi connectivity index (χ0v) is 17.5. The second kappa shape index (κ2) is 7.76. The Morgan fingerprint density at radius 2 is 1.97 bits per heavy atom. The summed E-state index contributed by atoms with van der Waals surface area (Å²) in [7, 11) is 0. The number of ketones is 1. The first-order valence-corrected chi connectivity index (χ1v) is 9.71. The first kappa shape index (κ1) is 20.7. The van der Waals surface area contributed by atoms with Gasteiger partial charge in [-0.25, -0.2) is 0 Å². The van der Waals surface area contributed by atoms with Crippen molar-refractivity contribution >= 4 is 28.4 Å². The molecule has 6 nitrogen and oxygen atoms in total. The highest BCUT2D eigenvalue weighted by molar-refractivity contribution is 6.32. The molecule has 0 saturated carbocycles. The van der Waals surface area contributed by atoms with Gasteiger partial charge in [0.2, 0.25) is 11.7 Å². The van der Waals surface area contributed by atoms with Gasteiger partial charge in [-0.05, 0) is 50.5 Å². The van der Waals surface area contributed by atoms with Gasteiger partial charge in [-0.2, -0.15) is 5.26 Å². The van der Waals surface area contributed by atoms with E-state index in [1.807, 2.05) is 19.9 Å². The maximum absolute atomic E-state index is 13.3. The first-order chi connectivity index (χ1) is 13.7. The van der Waals surface area contributed by atoms with Crippen LogP contribution in [0.15, 0.2) is 21.3 Å². The van der Waals surface area contributed by atoms with E-state index in [1.165, 1.54) is 6.92 Å². The van der Waals surface area contributed by atoms with Crippen molar-refractivity contribution in [2.24, 2.45) is 0 Å². The van der Waals surface area contributed by atoms with E-state index in [-0.39, 0.29) is 29.0 Å². The summed E-state index contributed by atoms with van der Waals surface area (Å²) in [6.45, 7) is 7.20. The minimum Gasteiger partial charge on any atom is -0.494 e. The number of carbonyl (C=O) groups is 1. The van der Waals surface area contributed by atoms with Crippen LogP contribution >= 0.6 is 11.6 Å². The molecule has 2 heterocycles. The van der Waals surface area contributed by atoms with Crippen LogP contribution in [-0.4, -0.2) is 15.5 Å². The fraction of sp³-hybridized carbons (Fsp3) is 0.318. The number of nitriles is 1. The molecule has 29 heavy (non-hydrogen) atoms. The molecule has 0 aliphatic heterocycles. The largest absolute Gasteiger partial charge is 0.494 e. The molecule has 0 spiro atoms. The molecule has 0 bridgehead atoms. The summed E-state index contributed by atoms with van der Waals surface area (Å²) in [6.07, 6.45) is 1.41. The number of pyridine rings is 1. The van der Waals surface area contributed by atoms with E-state index in [2.05, 4.69) is 0 Å². The van der Waals surface area contributed by atoms with Crippen LogP contribution in [0.1, 0.15) is 58.1 Å². The van der Waals surface area contributed by atoms with Gasteiger partial charge in [0.1, 0.15) is 17.2 Å². The fourth-order valence-corrected chi connectivity index (χ4v) is 3.58. The number of aryl methyl sites for hydroxylation is 2. The topological polar surface area (TPSA) is 96.2 Å².